The Morgan fingerprint density at radius 1 is 1.08 bits per heavy atom. The van der Waals surface area contributed by atoms with E-state index in [1.165, 1.54) is 10.9 Å². The molecule has 1 aliphatic heterocycles. The molecule has 1 fully saturated rings. The summed E-state index contributed by atoms with van der Waals surface area (Å²) in [5.41, 5.74) is -0.0446. The fourth-order valence-corrected chi connectivity index (χ4v) is 3.16. The highest BCUT2D eigenvalue weighted by Gasteiger charge is 2.35. The first-order valence-electron chi connectivity index (χ1n) is 8.23. The van der Waals surface area contributed by atoms with Gasteiger partial charge < -0.3 is 4.90 Å². The predicted octanol–water partition coefficient (Wildman–Crippen LogP) is 2.72. The molecule has 2 aromatic heterocycles. The summed E-state index contributed by atoms with van der Waals surface area (Å²) >= 11 is 0. The Kier molecular flexibility index (Phi) is 4.09. The minimum absolute atomic E-state index is 0.166. The SMILES string of the molecule is FC(F)(F)c1ccn(C2CCCN(c3nnnn3-c3ccccc3)C2)n1. The van der Waals surface area contributed by atoms with E-state index in [9.17, 15) is 13.2 Å². The van der Waals surface area contributed by atoms with Crippen LogP contribution in [0.2, 0.25) is 0 Å². The van der Waals surface area contributed by atoms with Crippen molar-refractivity contribution in [1.29, 1.82) is 0 Å². The highest BCUT2D eigenvalue weighted by Crippen LogP contribution is 2.30. The zero-order chi connectivity index (χ0) is 18.1. The van der Waals surface area contributed by atoms with E-state index in [2.05, 4.69) is 20.6 Å². The molecule has 1 aliphatic rings. The van der Waals surface area contributed by atoms with Gasteiger partial charge in [0.05, 0.1) is 11.7 Å². The van der Waals surface area contributed by atoms with Crippen molar-refractivity contribution in [3.05, 3.63) is 48.3 Å². The van der Waals surface area contributed by atoms with Crippen molar-refractivity contribution < 1.29 is 13.2 Å². The lowest BCUT2D eigenvalue weighted by molar-refractivity contribution is -0.141. The van der Waals surface area contributed by atoms with E-state index in [1.54, 1.807) is 4.68 Å². The second kappa shape index (κ2) is 6.43. The van der Waals surface area contributed by atoms with Crippen LogP contribution in [0.4, 0.5) is 19.1 Å². The number of hydrogen-bond acceptors (Lipinski definition) is 5. The van der Waals surface area contributed by atoms with Gasteiger partial charge in [0, 0.05) is 19.3 Å². The molecule has 3 aromatic rings. The molecule has 0 radical (unpaired) electrons. The van der Waals surface area contributed by atoms with Gasteiger partial charge in [0.25, 0.3) is 0 Å². The van der Waals surface area contributed by atoms with Crippen LogP contribution in [0.5, 0.6) is 0 Å². The zero-order valence-corrected chi connectivity index (χ0v) is 13.7. The van der Waals surface area contributed by atoms with Gasteiger partial charge in [-0.25, -0.2) is 0 Å². The summed E-state index contributed by atoms with van der Waals surface area (Å²) in [6, 6.07) is 10.3. The van der Waals surface area contributed by atoms with E-state index in [1.807, 2.05) is 35.2 Å². The smallest absolute Gasteiger partial charge is 0.337 e. The number of rotatable bonds is 3. The zero-order valence-electron chi connectivity index (χ0n) is 13.7. The van der Waals surface area contributed by atoms with Crippen molar-refractivity contribution in [3.63, 3.8) is 0 Å². The summed E-state index contributed by atoms with van der Waals surface area (Å²) in [5.74, 6) is 0.573. The summed E-state index contributed by atoms with van der Waals surface area (Å²) in [5, 5.41) is 15.6. The molecule has 1 unspecified atom stereocenters. The van der Waals surface area contributed by atoms with Crippen LogP contribution in [0.1, 0.15) is 24.6 Å². The van der Waals surface area contributed by atoms with Crippen molar-refractivity contribution in [2.24, 2.45) is 0 Å². The van der Waals surface area contributed by atoms with Crippen LogP contribution in [0.3, 0.4) is 0 Å². The van der Waals surface area contributed by atoms with E-state index >= 15 is 0 Å². The molecule has 1 atom stereocenters. The first kappa shape index (κ1) is 16.6. The van der Waals surface area contributed by atoms with Gasteiger partial charge in [0.15, 0.2) is 5.69 Å². The number of alkyl halides is 3. The number of tetrazole rings is 1. The lowest BCUT2D eigenvalue weighted by Crippen LogP contribution is -2.38. The van der Waals surface area contributed by atoms with Crippen molar-refractivity contribution in [2.45, 2.75) is 25.1 Å². The molecule has 26 heavy (non-hydrogen) atoms. The highest BCUT2D eigenvalue weighted by atomic mass is 19.4. The van der Waals surface area contributed by atoms with Gasteiger partial charge in [-0.15, -0.1) is 0 Å². The monoisotopic (exact) mass is 363 g/mol. The first-order chi connectivity index (χ1) is 12.5. The topological polar surface area (TPSA) is 64.7 Å². The van der Waals surface area contributed by atoms with Crippen LogP contribution >= 0.6 is 0 Å². The highest BCUT2D eigenvalue weighted by molar-refractivity contribution is 5.40. The summed E-state index contributed by atoms with van der Waals surface area (Å²) in [7, 11) is 0. The van der Waals surface area contributed by atoms with Gasteiger partial charge in [-0.05, 0) is 41.5 Å². The lowest BCUT2D eigenvalue weighted by atomic mass is 10.1. The third kappa shape index (κ3) is 3.14. The van der Waals surface area contributed by atoms with E-state index < -0.39 is 11.9 Å². The van der Waals surface area contributed by atoms with Gasteiger partial charge in [-0.1, -0.05) is 23.3 Å². The van der Waals surface area contributed by atoms with Crippen LogP contribution in [0.25, 0.3) is 5.69 Å². The van der Waals surface area contributed by atoms with Crippen LogP contribution < -0.4 is 4.90 Å². The Morgan fingerprint density at radius 3 is 2.62 bits per heavy atom. The maximum Gasteiger partial charge on any atom is 0.435 e. The van der Waals surface area contributed by atoms with E-state index in [-0.39, 0.29) is 6.04 Å². The molecule has 7 nitrogen and oxygen atoms in total. The number of hydrogen-bond donors (Lipinski definition) is 0. The van der Waals surface area contributed by atoms with Crippen LogP contribution in [0, 0.1) is 0 Å². The second-order valence-electron chi connectivity index (χ2n) is 6.15. The number of para-hydroxylation sites is 1. The molecule has 0 spiro atoms. The molecular weight excluding hydrogens is 347 g/mol. The molecule has 136 valence electrons. The molecule has 0 aliphatic carbocycles. The van der Waals surface area contributed by atoms with Crippen molar-refractivity contribution in [2.75, 3.05) is 18.0 Å². The molecule has 1 aromatic carbocycles. The minimum atomic E-state index is -4.43. The van der Waals surface area contributed by atoms with Crippen molar-refractivity contribution in [1.82, 2.24) is 30.0 Å². The molecule has 3 heterocycles. The number of halogens is 3. The Bertz CT molecular complexity index is 871. The normalized spacial score (nSPS) is 18.3. The molecule has 10 heteroatoms. The summed E-state index contributed by atoms with van der Waals surface area (Å²) in [6.07, 6.45) is -1.48. The average Bonchev–Trinajstić information content (AvgIpc) is 3.32. The summed E-state index contributed by atoms with van der Waals surface area (Å²) < 4.78 is 41.4. The predicted molar refractivity (Wildman–Crippen MR) is 86.9 cm³/mol. The fraction of sp³-hybridized carbons (Fsp3) is 0.375. The van der Waals surface area contributed by atoms with Gasteiger partial charge in [-0.3, -0.25) is 4.68 Å². The standard InChI is InChI=1S/C16H16F3N7/c17-16(18,19)14-8-10-25(21-14)13-7-4-9-24(11-13)15-20-22-23-26(15)12-5-2-1-3-6-12/h1-3,5-6,8,10,13H,4,7,9,11H2. The average molecular weight is 363 g/mol. The largest absolute Gasteiger partial charge is 0.435 e. The molecular formula is C16H16F3N7. The number of nitrogens with zero attached hydrogens (tertiary/aromatic N) is 7. The third-order valence-corrected chi connectivity index (χ3v) is 4.41. The Morgan fingerprint density at radius 2 is 1.88 bits per heavy atom. The number of benzene rings is 1. The van der Waals surface area contributed by atoms with Crippen molar-refractivity contribution in [3.8, 4) is 5.69 Å². The summed E-state index contributed by atoms with van der Waals surface area (Å²) in [4.78, 5) is 1.98. The Balaban J connectivity index is 1.57. The molecule has 1 saturated heterocycles. The van der Waals surface area contributed by atoms with Gasteiger partial charge in [0.1, 0.15) is 0 Å². The fourth-order valence-electron chi connectivity index (χ4n) is 3.16. The molecule has 0 bridgehead atoms. The van der Waals surface area contributed by atoms with Crippen molar-refractivity contribution >= 4 is 5.95 Å². The molecule has 0 N–H and O–H groups in total. The Hall–Kier alpha value is -2.91. The van der Waals surface area contributed by atoms with E-state index in [0.717, 1.165) is 31.1 Å². The second-order valence-corrected chi connectivity index (χ2v) is 6.15. The van der Waals surface area contributed by atoms with Gasteiger partial charge in [-0.2, -0.15) is 23.0 Å². The van der Waals surface area contributed by atoms with E-state index in [0.29, 0.717) is 12.5 Å². The summed E-state index contributed by atoms with van der Waals surface area (Å²) in [6.45, 7) is 1.23. The maximum absolute atomic E-state index is 12.8. The molecule has 0 amide bonds. The van der Waals surface area contributed by atoms with Gasteiger partial charge >= 0.3 is 6.18 Å². The van der Waals surface area contributed by atoms with Gasteiger partial charge in [0.2, 0.25) is 5.95 Å². The van der Waals surface area contributed by atoms with Crippen LogP contribution in [0.15, 0.2) is 42.6 Å². The minimum Gasteiger partial charge on any atom is -0.337 e. The third-order valence-electron chi connectivity index (χ3n) is 4.41. The maximum atomic E-state index is 12.8. The molecule has 0 saturated carbocycles. The Labute approximate surface area is 147 Å². The lowest BCUT2D eigenvalue weighted by Gasteiger charge is -2.33. The number of aromatic nitrogens is 6. The quantitative estimate of drug-likeness (QED) is 0.716. The van der Waals surface area contributed by atoms with Crippen LogP contribution in [-0.2, 0) is 6.18 Å². The van der Waals surface area contributed by atoms with Crippen LogP contribution in [-0.4, -0.2) is 43.1 Å². The molecule has 4 rings (SSSR count). The number of piperidine rings is 1. The number of anilines is 1. The van der Waals surface area contributed by atoms with E-state index in [4.69, 9.17) is 0 Å². The first-order valence-corrected chi connectivity index (χ1v) is 8.23.